The number of benzene rings is 1. The van der Waals surface area contributed by atoms with Crippen LogP contribution in [-0.2, 0) is 6.54 Å². The van der Waals surface area contributed by atoms with Crippen LogP contribution in [0.4, 0.5) is 5.69 Å². The van der Waals surface area contributed by atoms with Gasteiger partial charge in [-0.3, -0.25) is 0 Å². The maximum atomic E-state index is 8.85. The molecule has 6 heteroatoms. The molecule has 2 rings (SSSR count). The van der Waals surface area contributed by atoms with Gasteiger partial charge in [-0.2, -0.15) is 0 Å². The fourth-order valence-corrected chi connectivity index (χ4v) is 2.42. The molecule has 0 bridgehead atoms. The second-order valence-electron chi connectivity index (χ2n) is 4.34. The van der Waals surface area contributed by atoms with Crippen molar-refractivity contribution in [3.8, 4) is 0 Å². The van der Waals surface area contributed by atoms with Crippen LogP contribution in [0.2, 0.25) is 0 Å². The van der Waals surface area contributed by atoms with E-state index in [0.29, 0.717) is 12.1 Å². The Bertz CT molecular complexity index is 580. The molecule has 0 spiro atoms. The van der Waals surface area contributed by atoms with Gasteiger partial charge >= 0.3 is 0 Å². The lowest BCUT2D eigenvalue weighted by molar-refractivity contribution is 0.318. The lowest BCUT2D eigenvalue weighted by atomic mass is 10.1. The average Bonchev–Trinajstić information content (AvgIpc) is 2.90. The van der Waals surface area contributed by atoms with E-state index >= 15 is 0 Å². The molecule has 0 aliphatic heterocycles. The van der Waals surface area contributed by atoms with Crippen LogP contribution in [-0.4, -0.2) is 23.1 Å². The van der Waals surface area contributed by atoms with Gasteiger partial charge in [-0.1, -0.05) is 11.2 Å². The standard InChI is InChI=1S/C13H16N4OS/c1-9-3-4-11(13(14)16-18)12(5-9)17(2)6-10-7-19-8-15-10/h3-5,7-8,18H,6H2,1-2H3,(H2,14,16). The van der Waals surface area contributed by atoms with E-state index < -0.39 is 0 Å². The number of aromatic nitrogens is 1. The minimum Gasteiger partial charge on any atom is -0.409 e. The van der Waals surface area contributed by atoms with E-state index in [0.717, 1.165) is 16.9 Å². The van der Waals surface area contributed by atoms with Crippen molar-refractivity contribution in [2.24, 2.45) is 10.9 Å². The zero-order valence-corrected chi connectivity index (χ0v) is 11.7. The maximum absolute atomic E-state index is 8.85. The van der Waals surface area contributed by atoms with Gasteiger partial charge in [0, 0.05) is 23.7 Å². The van der Waals surface area contributed by atoms with Gasteiger partial charge in [-0.15, -0.1) is 11.3 Å². The Hall–Kier alpha value is -2.08. The lowest BCUT2D eigenvalue weighted by Crippen LogP contribution is -2.22. The van der Waals surface area contributed by atoms with Gasteiger partial charge in [0.25, 0.3) is 0 Å². The largest absolute Gasteiger partial charge is 0.409 e. The fraction of sp³-hybridized carbons (Fsp3) is 0.231. The minimum atomic E-state index is 0.111. The number of hydrogen-bond donors (Lipinski definition) is 2. The number of nitrogens with zero attached hydrogens (tertiary/aromatic N) is 3. The molecule has 1 heterocycles. The Morgan fingerprint density at radius 2 is 2.32 bits per heavy atom. The number of oxime groups is 1. The molecule has 100 valence electrons. The quantitative estimate of drug-likeness (QED) is 0.388. The molecule has 0 saturated carbocycles. The van der Waals surface area contributed by atoms with Crippen molar-refractivity contribution < 1.29 is 5.21 Å². The molecule has 0 unspecified atom stereocenters. The first-order valence-corrected chi connectivity index (χ1v) is 6.73. The topological polar surface area (TPSA) is 74.7 Å². The molecule has 0 aliphatic carbocycles. The predicted molar refractivity (Wildman–Crippen MR) is 77.9 cm³/mol. The molecule has 2 aromatic rings. The number of aryl methyl sites for hydroxylation is 1. The third kappa shape index (κ3) is 3.03. The molecular weight excluding hydrogens is 260 g/mol. The van der Waals surface area contributed by atoms with Crippen LogP contribution in [0.3, 0.4) is 0 Å². The Labute approximate surface area is 116 Å². The van der Waals surface area contributed by atoms with Crippen molar-refractivity contribution in [3.05, 3.63) is 45.9 Å². The summed E-state index contributed by atoms with van der Waals surface area (Å²) < 4.78 is 0. The fourth-order valence-electron chi connectivity index (χ4n) is 1.87. The Morgan fingerprint density at radius 1 is 1.53 bits per heavy atom. The average molecular weight is 276 g/mol. The highest BCUT2D eigenvalue weighted by molar-refractivity contribution is 7.07. The van der Waals surface area contributed by atoms with Gasteiger partial charge in [0.2, 0.25) is 0 Å². The molecule has 0 aliphatic rings. The van der Waals surface area contributed by atoms with Crippen molar-refractivity contribution >= 4 is 22.9 Å². The highest BCUT2D eigenvalue weighted by atomic mass is 32.1. The first-order valence-electron chi connectivity index (χ1n) is 5.78. The molecule has 0 amide bonds. The number of hydrogen-bond acceptors (Lipinski definition) is 5. The van der Waals surface area contributed by atoms with Gasteiger partial charge in [0.15, 0.2) is 5.84 Å². The molecule has 19 heavy (non-hydrogen) atoms. The highest BCUT2D eigenvalue weighted by Crippen LogP contribution is 2.22. The molecule has 3 N–H and O–H groups in total. The van der Waals surface area contributed by atoms with E-state index in [-0.39, 0.29) is 5.84 Å². The van der Waals surface area contributed by atoms with E-state index in [1.54, 1.807) is 11.3 Å². The van der Waals surface area contributed by atoms with Crippen LogP contribution in [0, 0.1) is 6.92 Å². The summed E-state index contributed by atoms with van der Waals surface area (Å²) in [6, 6.07) is 5.81. The minimum absolute atomic E-state index is 0.111. The SMILES string of the molecule is Cc1ccc(C(N)=NO)c(N(C)Cc2cscn2)c1. The monoisotopic (exact) mass is 276 g/mol. The predicted octanol–water partition coefficient (Wildman–Crippen LogP) is 2.18. The zero-order valence-electron chi connectivity index (χ0n) is 10.9. The molecule has 0 fully saturated rings. The Kier molecular flexibility index (Phi) is 4.01. The molecule has 5 nitrogen and oxygen atoms in total. The second kappa shape index (κ2) is 5.71. The lowest BCUT2D eigenvalue weighted by Gasteiger charge is -2.21. The summed E-state index contributed by atoms with van der Waals surface area (Å²) in [5.74, 6) is 0.111. The first kappa shape index (κ1) is 13.4. The highest BCUT2D eigenvalue weighted by Gasteiger charge is 2.12. The number of thiazole rings is 1. The molecule has 0 atom stereocenters. The summed E-state index contributed by atoms with van der Waals surface area (Å²) in [6.07, 6.45) is 0. The summed E-state index contributed by atoms with van der Waals surface area (Å²) in [5, 5.41) is 13.9. The van der Waals surface area contributed by atoms with Crippen molar-refractivity contribution in [3.63, 3.8) is 0 Å². The molecule has 1 aromatic carbocycles. The van der Waals surface area contributed by atoms with Crippen molar-refractivity contribution in [2.75, 3.05) is 11.9 Å². The van der Waals surface area contributed by atoms with Gasteiger partial charge in [-0.05, 0) is 24.6 Å². The van der Waals surface area contributed by atoms with Crippen molar-refractivity contribution in [1.29, 1.82) is 0 Å². The van der Waals surface area contributed by atoms with E-state index in [4.69, 9.17) is 10.9 Å². The van der Waals surface area contributed by atoms with Crippen molar-refractivity contribution in [1.82, 2.24) is 4.98 Å². The first-order chi connectivity index (χ1) is 9.11. The Morgan fingerprint density at radius 3 is 2.95 bits per heavy atom. The molecular formula is C13H16N4OS. The van der Waals surface area contributed by atoms with Crippen molar-refractivity contribution in [2.45, 2.75) is 13.5 Å². The maximum Gasteiger partial charge on any atom is 0.172 e. The van der Waals surface area contributed by atoms with Crippen LogP contribution < -0.4 is 10.6 Å². The summed E-state index contributed by atoms with van der Waals surface area (Å²) >= 11 is 1.57. The van der Waals surface area contributed by atoms with Gasteiger partial charge in [-0.25, -0.2) is 4.98 Å². The molecule has 0 radical (unpaired) electrons. The smallest absolute Gasteiger partial charge is 0.172 e. The van der Waals surface area contributed by atoms with Gasteiger partial charge < -0.3 is 15.8 Å². The van der Waals surface area contributed by atoms with Crippen LogP contribution >= 0.6 is 11.3 Å². The zero-order chi connectivity index (χ0) is 13.8. The van der Waals surface area contributed by atoms with Crippen LogP contribution in [0.1, 0.15) is 16.8 Å². The summed E-state index contributed by atoms with van der Waals surface area (Å²) in [6.45, 7) is 2.69. The normalized spacial score (nSPS) is 11.6. The van der Waals surface area contributed by atoms with Gasteiger partial charge in [0.05, 0.1) is 17.7 Å². The van der Waals surface area contributed by atoms with E-state index in [1.165, 1.54) is 0 Å². The summed E-state index contributed by atoms with van der Waals surface area (Å²) in [4.78, 5) is 6.30. The van der Waals surface area contributed by atoms with Crippen LogP contribution in [0.25, 0.3) is 0 Å². The molecule has 0 saturated heterocycles. The van der Waals surface area contributed by atoms with E-state index in [1.807, 2.05) is 48.0 Å². The third-order valence-corrected chi connectivity index (χ3v) is 3.47. The number of rotatable bonds is 4. The number of nitrogens with two attached hydrogens (primary N) is 1. The summed E-state index contributed by atoms with van der Waals surface area (Å²) in [5.41, 5.74) is 11.3. The van der Waals surface area contributed by atoms with Gasteiger partial charge in [0.1, 0.15) is 0 Å². The van der Waals surface area contributed by atoms with E-state index in [2.05, 4.69) is 10.1 Å². The van der Waals surface area contributed by atoms with Crippen LogP contribution in [0.15, 0.2) is 34.2 Å². The Balaban J connectivity index is 2.34. The second-order valence-corrected chi connectivity index (χ2v) is 5.06. The summed E-state index contributed by atoms with van der Waals surface area (Å²) in [7, 11) is 1.96. The number of anilines is 1. The third-order valence-electron chi connectivity index (χ3n) is 2.83. The number of amidine groups is 1. The molecule has 1 aromatic heterocycles. The van der Waals surface area contributed by atoms with E-state index in [9.17, 15) is 0 Å². The van der Waals surface area contributed by atoms with Crippen LogP contribution in [0.5, 0.6) is 0 Å².